The zero-order valence-corrected chi connectivity index (χ0v) is 11.4. The first-order valence-corrected chi connectivity index (χ1v) is 6.09. The van der Waals surface area contributed by atoms with Crippen molar-refractivity contribution in [3.63, 3.8) is 0 Å². The van der Waals surface area contributed by atoms with Crippen LogP contribution in [0.4, 0.5) is 0 Å². The highest BCUT2D eigenvalue weighted by Crippen LogP contribution is 2.25. The number of benzene rings is 1. The van der Waals surface area contributed by atoms with E-state index in [0.29, 0.717) is 17.1 Å². The van der Waals surface area contributed by atoms with Gasteiger partial charge in [0.2, 0.25) is 0 Å². The number of ether oxygens (including phenoxy) is 2. The van der Waals surface area contributed by atoms with E-state index < -0.39 is 0 Å². The number of aromatic nitrogens is 1. The van der Waals surface area contributed by atoms with E-state index in [9.17, 15) is 4.79 Å². The zero-order valence-electron chi connectivity index (χ0n) is 11.4. The number of carbonyl (C=O) groups is 1. The van der Waals surface area contributed by atoms with Crippen LogP contribution in [0.1, 0.15) is 15.9 Å². The molecule has 4 nitrogen and oxygen atoms in total. The molecule has 0 amide bonds. The molecule has 0 radical (unpaired) electrons. The van der Waals surface area contributed by atoms with Crippen molar-refractivity contribution in [3.8, 4) is 11.5 Å². The number of hydrogen-bond donors (Lipinski definition) is 0. The lowest BCUT2D eigenvalue weighted by molar-refractivity contribution is 0.104. The lowest BCUT2D eigenvalue weighted by Gasteiger charge is -2.07. The van der Waals surface area contributed by atoms with Crippen molar-refractivity contribution >= 4 is 11.9 Å². The molecular weight excluding hydrogens is 254 g/mol. The van der Waals surface area contributed by atoms with E-state index >= 15 is 0 Å². The number of nitrogens with zero attached hydrogens (tertiary/aromatic N) is 1. The van der Waals surface area contributed by atoms with Crippen molar-refractivity contribution in [1.29, 1.82) is 0 Å². The summed E-state index contributed by atoms with van der Waals surface area (Å²) in [5.74, 6) is 1.01. The maximum absolute atomic E-state index is 12.2. The molecule has 2 aromatic rings. The molecule has 0 fully saturated rings. The van der Waals surface area contributed by atoms with Crippen LogP contribution in [0.2, 0.25) is 0 Å². The van der Waals surface area contributed by atoms with Crippen LogP contribution < -0.4 is 9.47 Å². The largest absolute Gasteiger partial charge is 0.497 e. The van der Waals surface area contributed by atoms with E-state index in [-0.39, 0.29) is 5.78 Å². The number of ketones is 1. The van der Waals surface area contributed by atoms with Gasteiger partial charge in [0.25, 0.3) is 0 Å². The molecule has 0 atom stereocenters. The Kier molecular flexibility index (Phi) is 4.50. The Morgan fingerprint density at radius 3 is 2.70 bits per heavy atom. The minimum absolute atomic E-state index is 0.131. The van der Waals surface area contributed by atoms with E-state index in [1.54, 1.807) is 43.8 Å². The molecule has 20 heavy (non-hydrogen) atoms. The molecule has 2 rings (SSSR count). The molecule has 0 N–H and O–H groups in total. The number of carbonyl (C=O) groups excluding carboxylic acids is 1. The predicted molar refractivity (Wildman–Crippen MR) is 77.1 cm³/mol. The highest BCUT2D eigenvalue weighted by molar-refractivity contribution is 6.08. The summed E-state index contributed by atoms with van der Waals surface area (Å²) < 4.78 is 10.3. The average Bonchev–Trinajstić information content (AvgIpc) is 2.52. The number of allylic oxidation sites excluding steroid dienone is 1. The molecular formula is C16H15NO3. The second-order valence-corrected chi connectivity index (χ2v) is 4.05. The van der Waals surface area contributed by atoms with Crippen LogP contribution in [0.5, 0.6) is 11.5 Å². The molecule has 1 heterocycles. The fraction of sp³-hybridized carbons (Fsp3) is 0.125. The van der Waals surface area contributed by atoms with Crippen molar-refractivity contribution < 1.29 is 14.3 Å². The second-order valence-electron chi connectivity index (χ2n) is 4.05. The normalized spacial score (nSPS) is 10.5. The fourth-order valence-corrected chi connectivity index (χ4v) is 1.74. The van der Waals surface area contributed by atoms with Gasteiger partial charge >= 0.3 is 0 Å². The van der Waals surface area contributed by atoms with Crippen LogP contribution in [-0.2, 0) is 0 Å². The summed E-state index contributed by atoms with van der Waals surface area (Å²) in [4.78, 5) is 16.2. The van der Waals surface area contributed by atoms with Gasteiger partial charge in [-0.1, -0.05) is 6.07 Å². The first-order valence-electron chi connectivity index (χ1n) is 6.09. The average molecular weight is 269 g/mol. The van der Waals surface area contributed by atoms with Gasteiger partial charge in [0.1, 0.15) is 11.5 Å². The van der Waals surface area contributed by atoms with Gasteiger partial charge in [-0.2, -0.15) is 0 Å². The molecule has 0 bridgehead atoms. The minimum atomic E-state index is -0.131. The van der Waals surface area contributed by atoms with Gasteiger partial charge in [-0.05, 0) is 35.9 Å². The third kappa shape index (κ3) is 3.23. The minimum Gasteiger partial charge on any atom is -0.497 e. The quantitative estimate of drug-likeness (QED) is 0.618. The molecule has 0 saturated carbocycles. The maximum atomic E-state index is 12.2. The van der Waals surface area contributed by atoms with Gasteiger partial charge in [0.05, 0.1) is 19.8 Å². The van der Waals surface area contributed by atoms with Crippen LogP contribution in [-0.4, -0.2) is 25.0 Å². The number of methoxy groups -OCH3 is 2. The highest BCUT2D eigenvalue weighted by atomic mass is 16.5. The molecule has 0 unspecified atom stereocenters. The van der Waals surface area contributed by atoms with Crippen molar-refractivity contribution in [3.05, 3.63) is 59.9 Å². The smallest absolute Gasteiger partial charge is 0.189 e. The number of pyridine rings is 1. The van der Waals surface area contributed by atoms with E-state index in [0.717, 1.165) is 5.56 Å². The summed E-state index contributed by atoms with van der Waals surface area (Å²) in [6, 6.07) is 8.80. The summed E-state index contributed by atoms with van der Waals surface area (Å²) in [7, 11) is 3.09. The summed E-state index contributed by atoms with van der Waals surface area (Å²) in [5, 5.41) is 0. The lowest BCUT2D eigenvalue weighted by Crippen LogP contribution is -1.99. The monoisotopic (exact) mass is 269 g/mol. The van der Waals surface area contributed by atoms with E-state index in [1.165, 1.54) is 13.2 Å². The SMILES string of the molecule is COc1ccc(C(=O)C=Cc2cccnc2)c(OC)c1. The standard InChI is InChI=1S/C16H15NO3/c1-19-13-6-7-14(16(10-13)20-2)15(18)8-5-12-4-3-9-17-11-12/h3-11H,1-2H3. The summed E-state index contributed by atoms with van der Waals surface area (Å²) in [5.41, 5.74) is 1.36. The van der Waals surface area contributed by atoms with Gasteiger partial charge in [-0.3, -0.25) is 9.78 Å². The molecule has 0 aliphatic carbocycles. The van der Waals surface area contributed by atoms with Crippen LogP contribution in [0.25, 0.3) is 6.08 Å². The zero-order chi connectivity index (χ0) is 14.4. The van der Waals surface area contributed by atoms with E-state index in [1.807, 2.05) is 12.1 Å². The Balaban J connectivity index is 2.23. The Labute approximate surface area is 117 Å². The highest BCUT2D eigenvalue weighted by Gasteiger charge is 2.10. The molecule has 0 spiro atoms. The third-order valence-corrected chi connectivity index (χ3v) is 2.79. The van der Waals surface area contributed by atoms with Crippen LogP contribution >= 0.6 is 0 Å². The van der Waals surface area contributed by atoms with Gasteiger partial charge < -0.3 is 9.47 Å². The molecule has 1 aromatic heterocycles. The van der Waals surface area contributed by atoms with Crippen LogP contribution in [0, 0.1) is 0 Å². The van der Waals surface area contributed by atoms with Gasteiger partial charge in [-0.25, -0.2) is 0 Å². The lowest BCUT2D eigenvalue weighted by atomic mass is 10.1. The van der Waals surface area contributed by atoms with Crippen LogP contribution in [0.3, 0.4) is 0 Å². The molecule has 0 saturated heterocycles. The first kappa shape index (κ1) is 13.8. The Morgan fingerprint density at radius 2 is 2.05 bits per heavy atom. The second kappa shape index (κ2) is 6.52. The third-order valence-electron chi connectivity index (χ3n) is 2.79. The predicted octanol–water partition coefficient (Wildman–Crippen LogP) is 2.99. The molecule has 0 aliphatic heterocycles. The van der Waals surface area contributed by atoms with Gasteiger partial charge in [-0.15, -0.1) is 0 Å². The van der Waals surface area contributed by atoms with Gasteiger partial charge in [0, 0.05) is 18.5 Å². The van der Waals surface area contributed by atoms with E-state index in [4.69, 9.17) is 9.47 Å². The fourth-order valence-electron chi connectivity index (χ4n) is 1.74. The van der Waals surface area contributed by atoms with E-state index in [2.05, 4.69) is 4.98 Å². The van der Waals surface area contributed by atoms with Crippen LogP contribution in [0.15, 0.2) is 48.8 Å². The maximum Gasteiger partial charge on any atom is 0.189 e. The summed E-state index contributed by atoms with van der Waals surface area (Å²) in [6.07, 6.45) is 6.60. The Hall–Kier alpha value is -2.62. The van der Waals surface area contributed by atoms with Crippen molar-refractivity contribution in [2.45, 2.75) is 0 Å². The molecule has 0 aliphatic rings. The topological polar surface area (TPSA) is 48.4 Å². The van der Waals surface area contributed by atoms with Gasteiger partial charge in [0.15, 0.2) is 5.78 Å². The molecule has 1 aromatic carbocycles. The Bertz CT molecular complexity index is 621. The summed E-state index contributed by atoms with van der Waals surface area (Å²) >= 11 is 0. The number of hydrogen-bond acceptors (Lipinski definition) is 4. The first-order chi connectivity index (χ1) is 9.74. The van der Waals surface area contributed by atoms with Crippen molar-refractivity contribution in [2.24, 2.45) is 0 Å². The molecule has 4 heteroatoms. The van der Waals surface area contributed by atoms with Crippen molar-refractivity contribution in [1.82, 2.24) is 4.98 Å². The summed E-state index contributed by atoms with van der Waals surface area (Å²) in [6.45, 7) is 0. The van der Waals surface area contributed by atoms with Crippen molar-refractivity contribution in [2.75, 3.05) is 14.2 Å². The molecule has 102 valence electrons. The number of rotatable bonds is 5. The Morgan fingerprint density at radius 1 is 1.20 bits per heavy atom.